The van der Waals surface area contributed by atoms with Gasteiger partial charge in [-0.2, -0.15) is 0 Å². The van der Waals surface area contributed by atoms with Crippen LogP contribution >= 0.6 is 12.6 Å². The van der Waals surface area contributed by atoms with Gasteiger partial charge in [-0.15, -0.1) is 12.6 Å². The molecule has 0 spiro atoms. The lowest BCUT2D eigenvalue weighted by Gasteiger charge is -1.96. The summed E-state index contributed by atoms with van der Waals surface area (Å²) in [5.41, 5.74) is 0. The van der Waals surface area contributed by atoms with E-state index in [0.717, 1.165) is 12.4 Å². The van der Waals surface area contributed by atoms with Crippen LogP contribution in [0.5, 0.6) is 0 Å². The van der Waals surface area contributed by atoms with E-state index in [1.54, 1.807) is 0 Å². The normalized spacial score (nSPS) is 12.9. The molecule has 0 saturated heterocycles. The number of sulfonamides is 1. The average molecular weight is 235 g/mol. The molecule has 1 aromatic rings. The summed E-state index contributed by atoms with van der Waals surface area (Å²) in [6.07, 6.45) is 1.80. The van der Waals surface area contributed by atoms with Gasteiger partial charge in [-0.1, -0.05) is 0 Å². The Balaban J connectivity index is 3.07. The summed E-state index contributed by atoms with van der Waals surface area (Å²) in [5, 5.41) is 5.40. The molecule has 0 aliphatic carbocycles. The van der Waals surface area contributed by atoms with Crippen molar-refractivity contribution >= 4 is 27.6 Å². The zero-order valence-corrected chi connectivity index (χ0v) is 8.46. The van der Waals surface area contributed by atoms with Gasteiger partial charge in [-0.05, 0) is 0 Å². The molecule has 0 fully saturated rings. The molecule has 0 aliphatic rings. The molecule has 0 saturated carbocycles. The van der Waals surface area contributed by atoms with Gasteiger partial charge in [-0.25, -0.2) is 27.9 Å². The van der Waals surface area contributed by atoms with Crippen LogP contribution in [-0.4, -0.2) is 18.4 Å². The summed E-state index contributed by atoms with van der Waals surface area (Å²) in [5.74, 6) is -0.630. The van der Waals surface area contributed by atoms with Crippen LogP contribution in [-0.2, 0) is 10.0 Å². The predicted octanol–water partition coefficient (Wildman–Crippen LogP) is 0.132. The van der Waals surface area contributed by atoms with Crippen LogP contribution in [0.2, 0.25) is 0 Å². The number of halogens is 1. The quantitative estimate of drug-likeness (QED) is 0.713. The molecular weight excluding hydrogens is 229 g/mol. The number of rotatable bonds is 2. The average Bonchev–Trinajstić information content (AvgIpc) is 2.02. The third-order valence-corrected chi connectivity index (χ3v) is 2.19. The molecule has 0 atom stereocenters. The van der Waals surface area contributed by atoms with Crippen molar-refractivity contribution in [1.82, 2.24) is 9.97 Å². The molecule has 0 amide bonds. The van der Waals surface area contributed by atoms with Crippen molar-refractivity contribution in [2.24, 2.45) is 5.14 Å². The highest BCUT2D eigenvalue weighted by molar-refractivity contribution is 7.96. The molecule has 1 heterocycles. The van der Waals surface area contributed by atoms with Crippen LogP contribution in [0.4, 0.5) is 4.39 Å². The van der Waals surface area contributed by atoms with Gasteiger partial charge in [0.25, 0.3) is 0 Å². The fourth-order valence-corrected chi connectivity index (χ4v) is 1.63. The first kappa shape index (κ1) is 11.1. The number of nitrogens with two attached hydrogens (primary N) is 1. The molecule has 1 aromatic heterocycles. The Bertz CT molecular complexity index is 454. The summed E-state index contributed by atoms with van der Waals surface area (Å²) < 4.78 is 33.6. The van der Waals surface area contributed by atoms with E-state index < -0.39 is 15.8 Å². The maximum Gasteiger partial charge on any atom is 0.232 e. The van der Waals surface area contributed by atoms with Gasteiger partial charge in [0.1, 0.15) is 0 Å². The lowest BCUT2D eigenvalue weighted by molar-refractivity contribution is 0.606. The monoisotopic (exact) mass is 235 g/mol. The smallest absolute Gasteiger partial charge is 0.232 e. The van der Waals surface area contributed by atoms with Crippen LogP contribution in [0.25, 0.3) is 4.91 Å². The third kappa shape index (κ3) is 3.40. The van der Waals surface area contributed by atoms with Crippen molar-refractivity contribution in [2.75, 3.05) is 0 Å². The van der Waals surface area contributed by atoms with Crippen LogP contribution < -0.4 is 5.14 Å². The maximum absolute atomic E-state index is 12.4. The Kier molecular flexibility index (Phi) is 3.19. The molecule has 0 aromatic carbocycles. The maximum atomic E-state index is 12.4. The zero-order valence-electron chi connectivity index (χ0n) is 6.75. The largest absolute Gasteiger partial charge is 0.233 e. The molecule has 0 radical (unpaired) electrons. The second kappa shape index (κ2) is 4.03. The lowest BCUT2D eigenvalue weighted by Crippen LogP contribution is -2.08. The molecule has 2 N–H and O–H groups in total. The van der Waals surface area contributed by atoms with E-state index in [9.17, 15) is 12.8 Å². The Morgan fingerprint density at radius 1 is 1.50 bits per heavy atom. The molecular formula is C6H6FN3O2S2. The molecule has 0 aliphatic heterocycles. The van der Waals surface area contributed by atoms with Gasteiger partial charge < -0.3 is 0 Å². The first-order chi connectivity index (χ1) is 6.38. The molecule has 0 unspecified atom stereocenters. The molecule has 0 bridgehead atoms. The molecule has 76 valence electrons. The van der Waals surface area contributed by atoms with Gasteiger partial charge in [0, 0.05) is 0 Å². The fourth-order valence-electron chi connectivity index (χ4n) is 0.653. The van der Waals surface area contributed by atoms with E-state index in [0.29, 0.717) is 5.41 Å². The predicted molar refractivity (Wildman–Crippen MR) is 52.1 cm³/mol. The number of hydrogen-bond donors (Lipinski definition) is 2. The van der Waals surface area contributed by atoms with Crippen LogP contribution in [0.3, 0.4) is 0 Å². The van der Waals surface area contributed by atoms with Crippen LogP contribution in [0, 0.1) is 5.82 Å². The summed E-state index contributed by atoms with van der Waals surface area (Å²) in [7, 11) is -3.79. The van der Waals surface area contributed by atoms with Gasteiger partial charge >= 0.3 is 0 Å². The van der Waals surface area contributed by atoms with Crippen molar-refractivity contribution in [1.29, 1.82) is 0 Å². The standard InChI is InChI=1S/C6H6FN3O2S2/c7-4-1-9-6(10-2-4)5(13)3-14(8,11)12/h1-3,13H,(H2,8,11,12)/b5-3-. The zero-order chi connectivity index (χ0) is 10.8. The summed E-state index contributed by atoms with van der Waals surface area (Å²) >= 11 is 3.80. The molecule has 5 nitrogen and oxygen atoms in total. The Morgan fingerprint density at radius 3 is 2.43 bits per heavy atom. The lowest BCUT2D eigenvalue weighted by atomic mass is 10.5. The van der Waals surface area contributed by atoms with Gasteiger partial charge in [0.2, 0.25) is 10.0 Å². The Hall–Kier alpha value is -0.990. The number of thiol groups is 1. The summed E-state index contributed by atoms with van der Waals surface area (Å²) in [6.45, 7) is 0. The molecule has 1 rings (SSSR count). The van der Waals surface area contributed by atoms with Crippen LogP contribution in [0.15, 0.2) is 17.8 Å². The van der Waals surface area contributed by atoms with Gasteiger partial charge in [-0.3, -0.25) is 0 Å². The minimum atomic E-state index is -3.79. The first-order valence-corrected chi connectivity index (χ1v) is 5.35. The van der Waals surface area contributed by atoms with Crippen molar-refractivity contribution in [2.45, 2.75) is 0 Å². The minimum absolute atomic E-state index is 0.0104. The number of nitrogens with zero attached hydrogens (tertiary/aromatic N) is 2. The van der Waals surface area contributed by atoms with Crippen molar-refractivity contribution in [3.8, 4) is 0 Å². The third-order valence-electron chi connectivity index (χ3n) is 1.13. The van der Waals surface area contributed by atoms with Crippen molar-refractivity contribution in [3.63, 3.8) is 0 Å². The summed E-state index contributed by atoms with van der Waals surface area (Å²) in [4.78, 5) is 6.97. The topological polar surface area (TPSA) is 85.9 Å². The summed E-state index contributed by atoms with van der Waals surface area (Å²) in [6, 6.07) is 0. The van der Waals surface area contributed by atoms with E-state index in [4.69, 9.17) is 5.14 Å². The Labute approximate surface area is 85.3 Å². The van der Waals surface area contributed by atoms with Crippen molar-refractivity contribution < 1.29 is 12.8 Å². The van der Waals surface area contributed by atoms with E-state index in [1.165, 1.54) is 0 Å². The van der Waals surface area contributed by atoms with Gasteiger partial charge in [0.15, 0.2) is 11.6 Å². The minimum Gasteiger partial charge on any atom is -0.233 e. The number of aromatic nitrogens is 2. The number of primary sulfonamides is 1. The molecule has 14 heavy (non-hydrogen) atoms. The SMILES string of the molecule is NS(=O)(=O)/C=C(\S)c1ncc(F)cn1. The highest BCUT2D eigenvalue weighted by Crippen LogP contribution is 2.13. The Morgan fingerprint density at radius 2 is 2.00 bits per heavy atom. The fraction of sp³-hybridized carbons (Fsp3) is 0. The molecule has 8 heteroatoms. The van der Waals surface area contributed by atoms with E-state index in [-0.39, 0.29) is 10.7 Å². The second-order valence-corrected chi connectivity index (χ2v) is 4.21. The highest BCUT2D eigenvalue weighted by Gasteiger charge is 2.05. The van der Waals surface area contributed by atoms with E-state index in [1.807, 2.05) is 0 Å². The highest BCUT2D eigenvalue weighted by atomic mass is 32.2. The van der Waals surface area contributed by atoms with Gasteiger partial charge in [0.05, 0.1) is 22.7 Å². The number of hydrogen-bond acceptors (Lipinski definition) is 5. The van der Waals surface area contributed by atoms with E-state index >= 15 is 0 Å². The second-order valence-electron chi connectivity index (χ2n) is 2.32. The van der Waals surface area contributed by atoms with Crippen molar-refractivity contribution in [3.05, 3.63) is 29.4 Å². The van der Waals surface area contributed by atoms with Crippen LogP contribution in [0.1, 0.15) is 5.82 Å². The van der Waals surface area contributed by atoms with E-state index in [2.05, 4.69) is 22.6 Å². The first-order valence-electron chi connectivity index (χ1n) is 3.30.